The van der Waals surface area contributed by atoms with Crippen LogP contribution in [0.15, 0.2) is 22.8 Å². The van der Waals surface area contributed by atoms with Crippen molar-refractivity contribution in [2.24, 2.45) is 0 Å². The van der Waals surface area contributed by atoms with Gasteiger partial charge < -0.3 is 18.6 Å². The van der Waals surface area contributed by atoms with Gasteiger partial charge in [-0.25, -0.2) is 0 Å². The van der Waals surface area contributed by atoms with Crippen molar-refractivity contribution in [1.82, 2.24) is 0 Å². The summed E-state index contributed by atoms with van der Waals surface area (Å²) < 4.78 is 21.0. The van der Waals surface area contributed by atoms with E-state index in [1.54, 1.807) is 33.7 Å². The monoisotopic (exact) mass is 208 g/mol. The van der Waals surface area contributed by atoms with E-state index < -0.39 is 0 Å². The van der Waals surface area contributed by atoms with Crippen LogP contribution in [0.2, 0.25) is 0 Å². The topological polar surface area (TPSA) is 40.8 Å². The summed E-state index contributed by atoms with van der Waals surface area (Å²) in [5, 5.41) is 0.871. The van der Waals surface area contributed by atoms with Gasteiger partial charge in [-0.1, -0.05) is 0 Å². The molecule has 4 nitrogen and oxygen atoms in total. The van der Waals surface area contributed by atoms with Crippen molar-refractivity contribution in [2.45, 2.75) is 0 Å². The number of ether oxygens (including phenoxy) is 3. The van der Waals surface area contributed by atoms with Gasteiger partial charge in [-0.05, 0) is 6.07 Å². The number of fused-ring (bicyclic) bond motifs is 1. The summed E-state index contributed by atoms with van der Waals surface area (Å²) in [4.78, 5) is 0. The maximum atomic E-state index is 5.29. The lowest BCUT2D eigenvalue weighted by atomic mass is 10.2. The molecule has 0 unspecified atom stereocenters. The third-order valence-corrected chi connectivity index (χ3v) is 2.26. The van der Waals surface area contributed by atoms with Gasteiger partial charge in [-0.15, -0.1) is 0 Å². The fourth-order valence-electron chi connectivity index (χ4n) is 1.59. The van der Waals surface area contributed by atoms with Gasteiger partial charge in [0.1, 0.15) is 5.58 Å². The van der Waals surface area contributed by atoms with Crippen LogP contribution in [0.3, 0.4) is 0 Å². The molecule has 15 heavy (non-hydrogen) atoms. The number of rotatable bonds is 3. The first-order valence-corrected chi connectivity index (χ1v) is 4.48. The highest BCUT2D eigenvalue weighted by Gasteiger charge is 2.16. The molecule has 0 saturated carbocycles. The summed E-state index contributed by atoms with van der Waals surface area (Å²) in [6, 6.07) is 3.60. The first-order chi connectivity index (χ1) is 7.31. The minimum absolute atomic E-state index is 0.578. The summed E-state index contributed by atoms with van der Waals surface area (Å²) in [5.74, 6) is 1.80. The van der Waals surface area contributed by atoms with Crippen molar-refractivity contribution in [1.29, 1.82) is 0 Å². The van der Waals surface area contributed by atoms with Crippen molar-refractivity contribution in [3.8, 4) is 17.2 Å². The maximum absolute atomic E-state index is 5.29. The molecule has 1 aromatic carbocycles. The molecular weight excluding hydrogens is 196 g/mol. The van der Waals surface area contributed by atoms with Crippen LogP contribution in [0.25, 0.3) is 11.0 Å². The molecule has 1 aromatic heterocycles. The molecule has 80 valence electrons. The van der Waals surface area contributed by atoms with Crippen LogP contribution in [0.5, 0.6) is 17.2 Å². The van der Waals surface area contributed by atoms with Gasteiger partial charge in [0.15, 0.2) is 11.5 Å². The Hall–Kier alpha value is -1.84. The predicted molar refractivity (Wildman–Crippen MR) is 55.9 cm³/mol. The Morgan fingerprint density at radius 3 is 2.33 bits per heavy atom. The summed E-state index contributed by atoms with van der Waals surface area (Å²) in [5.41, 5.74) is 0.713. The quantitative estimate of drug-likeness (QED) is 0.776. The van der Waals surface area contributed by atoms with E-state index in [0.29, 0.717) is 22.8 Å². The summed E-state index contributed by atoms with van der Waals surface area (Å²) in [7, 11) is 4.74. The van der Waals surface area contributed by atoms with Crippen molar-refractivity contribution >= 4 is 11.0 Å². The summed E-state index contributed by atoms with van der Waals surface area (Å²) in [6.07, 6.45) is 1.60. The molecule has 0 radical (unpaired) electrons. The average Bonchev–Trinajstić information content (AvgIpc) is 2.73. The third-order valence-electron chi connectivity index (χ3n) is 2.26. The minimum atomic E-state index is 0.578. The Morgan fingerprint density at radius 1 is 1.00 bits per heavy atom. The van der Waals surface area contributed by atoms with Crippen LogP contribution in [-0.2, 0) is 0 Å². The Kier molecular flexibility index (Phi) is 2.41. The zero-order valence-electron chi connectivity index (χ0n) is 8.87. The van der Waals surface area contributed by atoms with Gasteiger partial charge in [-0.3, -0.25) is 0 Å². The van der Waals surface area contributed by atoms with Crippen LogP contribution in [0, 0.1) is 0 Å². The average molecular weight is 208 g/mol. The lowest BCUT2D eigenvalue weighted by molar-refractivity contribution is 0.326. The first-order valence-electron chi connectivity index (χ1n) is 4.48. The Morgan fingerprint density at radius 2 is 1.73 bits per heavy atom. The molecule has 4 heteroatoms. The van der Waals surface area contributed by atoms with E-state index >= 15 is 0 Å². The van der Waals surface area contributed by atoms with E-state index in [2.05, 4.69) is 0 Å². The fraction of sp³-hybridized carbons (Fsp3) is 0.273. The van der Waals surface area contributed by atoms with Crippen molar-refractivity contribution in [3.63, 3.8) is 0 Å². The standard InChI is InChI=1S/C11H12O4/c1-12-9-6-8-7(4-5-15-8)10(13-2)11(9)14-3/h4-6H,1-3H3. The Labute approximate surface area is 87.3 Å². The number of methoxy groups -OCH3 is 3. The highest BCUT2D eigenvalue weighted by atomic mass is 16.5. The second kappa shape index (κ2) is 3.73. The molecule has 0 aliphatic heterocycles. The van der Waals surface area contributed by atoms with E-state index in [4.69, 9.17) is 18.6 Å². The zero-order valence-corrected chi connectivity index (χ0v) is 8.87. The number of hydrogen-bond acceptors (Lipinski definition) is 4. The molecular formula is C11H12O4. The summed E-state index contributed by atoms with van der Waals surface area (Å²) in [6.45, 7) is 0. The SMILES string of the molecule is COc1cc2occc2c(OC)c1OC. The molecule has 2 rings (SSSR count). The normalized spacial score (nSPS) is 10.3. The second-order valence-corrected chi connectivity index (χ2v) is 2.98. The zero-order chi connectivity index (χ0) is 10.8. The van der Waals surface area contributed by atoms with Gasteiger partial charge in [0.2, 0.25) is 5.75 Å². The molecule has 2 aromatic rings. The maximum Gasteiger partial charge on any atom is 0.204 e. The third kappa shape index (κ3) is 1.38. The van der Waals surface area contributed by atoms with Gasteiger partial charge >= 0.3 is 0 Å². The predicted octanol–water partition coefficient (Wildman–Crippen LogP) is 2.46. The largest absolute Gasteiger partial charge is 0.493 e. The summed E-state index contributed by atoms with van der Waals surface area (Å²) >= 11 is 0. The molecule has 0 bridgehead atoms. The first kappa shape index (κ1) is 9.71. The molecule has 0 aliphatic rings. The van der Waals surface area contributed by atoms with Crippen molar-refractivity contribution in [3.05, 3.63) is 18.4 Å². The van der Waals surface area contributed by atoms with E-state index in [-0.39, 0.29) is 0 Å². The van der Waals surface area contributed by atoms with Crippen LogP contribution >= 0.6 is 0 Å². The van der Waals surface area contributed by atoms with Gasteiger partial charge in [0, 0.05) is 6.07 Å². The van der Waals surface area contributed by atoms with Gasteiger partial charge in [0.05, 0.1) is 33.0 Å². The molecule has 0 aliphatic carbocycles. The van der Waals surface area contributed by atoms with E-state index in [0.717, 1.165) is 5.39 Å². The van der Waals surface area contributed by atoms with Crippen LogP contribution in [-0.4, -0.2) is 21.3 Å². The van der Waals surface area contributed by atoms with Crippen LogP contribution < -0.4 is 14.2 Å². The van der Waals surface area contributed by atoms with Crippen molar-refractivity contribution < 1.29 is 18.6 Å². The fourth-order valence-corrected chi connectivity index (χ4v) is 1.59. The molecule has 0 amide bonds. The van der Waals surface area contributed by atoms with E-state index in [1.807, 2.05) is 6.07 Å². The lowest BCUT2D eigenvalue weighted by Crippen LogP contribution is -1.94. The van der Waals surface area contributed by atoms with Gasteiger partial charge in [-0.2, -0.15) is 0 Å². The molecule has 0 saturated heterocycles. The van der Waals surface area contributed by atoms with Crippen LogP contribution in [0.1, 0.15) is 0 Å². The van der Waals surface area contributed by atoms with Crippen molar-refractivity contribution in [2.75, 3.05) is 21.3 Å². The van der Waals surface area contributed by atoms with E-state index in [9.17, 15) is 0 Å². The molecule has 0 fully saturated rings. The van der Waals surface area contributed by atoms with E-state index in [1.165, 1.54) is 0 Å². The van der Waals surface area contributed by atoms with Gasteiger partial charge in [0.25, 0.3) is 0 Å². The molecule has 1 heterocycles. The second-order valence-electron chi connectivity index (χ2n) is 2.98. The molecule has 0 atom stereocenters. The Balaban J connectivity index is 2.78. The number of furan rings is 1. The highest BCUT2D eigenvalue weighted by molar-refractivity contribution is 5.89. The van der Waals surface area contributed by atoms with Crippen LogP contribution in [0.4, 0.5) is 0 Å². The lowest BCUT2D eigenvalue weighted by Gasteiger charge is -2.12. The Bertz CT molecular complexity index is 473. The highest BCUT2D eigenvalue weighted by Crippen LogP contribution is 2.43. The number of hydrogen-bond donors (Lipinski definition) is 0. The number of benzene rings is 1. The smallest absolute Gasteiger partial charge is 0.204 e. The molecule has 0 spiro atoms. The minimum Gasteiger partial charge on any atom is -0.493 e. The molecule has 0 N–H and O–H groups in total.